The molecule has 7 heteroatoms. The van der Waals surface area contributed by atoms with E-state index in [-0.39, 0.29) is 5.02 Å². The number of nitrogens with one attached hydrogen (secondary N) is 1. The van der Waals surface area contributed by atoms with E-state index in [9.17, 15) is 4.39 Å². The molecule has 0 aliphatic rings. The fourth-order valence-electron chi connectivity index (χ4n) is 2.00. The van der Waals surface area contributed by atoms with Crippen LogP contribution in [0, 0.1) is 10.6 Å². The number of halogens is 4. The molecule has 1 aromatic heterocycles. The highest BCUT2D eigenvalue weighted by molar-refractivity contribution is 9.10. The Morgan fingerprint density at radius 2 is 1.90 bits per heavy atom. The normalized spacial score (nSPS) is 11.2. The monoisotopic (exact) mass is 390 g/mol. The van der Waals surface area contributed by atoms with E-state index in [1.165, 1.54) is 12.1 Å². The van der Waals surface area contributed by atoms with Crippen LogP contribution < -0.4 is 0 Å². The summed E-state index contributed by atoms with van der Waals surface area (Å²) in [5, 5.41) is 0.567. The third-order valence-corrected chi connectivity index (χ3v) is 4.26. The lowest BCUT2D eigenvalue weighted by molar-refractivity contribution is 0.630. The van der Waals surface area contributed by atoms with Crippen molar-refractivity contribution >= 4 is 62.4 Å². The van der Waals surface area contributed by atoms with Crippen LogP contribution >= 0.6 is 51.3 Å². The van der Waals surface area contributed by atoms with Crippen LogP contribution in [0.5, 0.6) is 0 Å². The Balaban J connectivity index is 2.42. The maximum absolute atomic E-state index is 13.5. The zero-order valence-corrected chi connectivity index (χ0v) is 13.7. The van der Waals surface area contributed by atoms with Gasteiger partial charge in [0.05, 0.1) is 26.8 Å². The number of fused-ring (bicyclic) bond motifs is 1. The summed E-state index contributed by atoms with van der Waals surface area (Å²) < 4.78 is 16.5. The molecule has 20 heavy (non-hydrogen) atoms. The zero-order chi connectivity index (χ0) is 14.4. The fourth-order valence-corrected chi connectivity index (χ4v) is 3.01. The van der Waals surface area contributed by atoms with E-state index in [0.29, 0.717) is 26.5 Å². The van der Waals surface area contributed by atoms with Crippen molar-refractivity contribution in [1.82, 2.24) is 9.55 Å². The summed E-state index contributed by atoms with van der Waals surface area (Å²) in [6.07, 6.45) is 0. The topological polar surface area (TPSA) is 20.7 Å². The molecule has 1 N–H and O–H groups in total. The Labute approximate surface area is 137 Å². The van der Waals surface area contributed by atoms with Crippen LogP contribution in [0.2, 0.25) is 10.0 Å². The van der Waals surface area contributed by atoms with Crippen molar-refractivity contribution in [2.75, 3.05) is 0 Å². The van der Waals surface area contributed by atoms with E-state index in [4.69, 9.17) is 35.4 Å². The van der Waals surface area contributed by atoms with E-state index < -0.39 is 5.82 Å². The zero-order valence-electron chi connectivity index (χ0n) is 9.75. The van der Waals surface area contributed by atoms with Crippen molar-refractivity contribution in [3.63, 3.8) is 0 Å². The first kappa shape index (κ1) is 14.1. The first-order chi connectivity index (χ1) is 9.47. The van der Waals surface area contributed by atoms with E-state index in [2.05, 4.69) is 20.9 Å². The molecule has 0 unspecified atom stereocenters. The van der Waals surface area contributed by atoms with Crippen LogP contribution in [0.25, 0.3) is 16.7 Å². The van der Waals surface area contributed by atoms with Crippen molar-refractivity contribution < 1.29 is 4.39 Å². The smallest absolute Gasteiger partial charge is 0.182 e. The van der Waals surface area contributed by atoms with Gasteiger partial charge in [-0.25, -0.2) is 4.39 Å². The number of aromatic amines is 1. The lowest BCUT2D eigenvalue weighted by Gasteiger charge is -2.08. The number of nitrogens with zero attached hydrogens (tertiary/aromatic N) is 1. The van der Waals surface area contributed by atoms with Crippen LogP contribution in [-0.4, -0.2) is 9.55 Å². The molecule has 2 nitrogen and oxygen atoms in total. The van der Waals surface area contributed by atoms with Crippen molar-refractivity contribution in [3.05, 3.63) is 55.4 Å². The summed E-state index contributed by atoms with van der Waals surface area (Å²) in [6.45, 7) is 0. The van der Waals surface area contributed by atoms with Crippen LogP contribution in [0.1, 0.15) is 0 Å². The minimum absolute atomic E-state index is 0.0337. The van der Waals surface area contributed by atoms with Gasteiger partial charge in [-0.05, 0) is 36.5 Å². The third-order valence-electron chi connectivity index (χ3n) is 2.87. The van der Waals surface area contributed by atoms with Gasteiger partial charge in [-0.3, -0.25) is 4.57 Å². The van der Waals surface area contributed by atoms with Gasteiger partial charge in [0, 0.05) is 10.5 Å². The largest absolute Gasteiger partial charge is 0.330 e. The number of imidazole rings is 1. The quantitative estimate of drug-likeness (QED) is 0.512. The predicted octanol–water partition coefficient (Wildman–Crippen LogP) is 5.90. The van der Waals surface area contributed by atoms with Gasteiger partial charge in [0.2, 0.25) is 0 Å². The minimum atomic E-state index is -0.497. The van der Waals surface area contributed by atoms with E-state index in [1.54, 1.807) is 10.6 Å². The van der Waals surface area contributed by atoms with Crippen molar-refractivity contribution in [3.8, 4) is 5.69 Å². The second-order valence-corrected chi connectivity index (χ2v) is 6.26. The lowest BCUT2D eigenvalue weighted by Crippen LogP contribution is -1.95. The highest BCUT2D eigenvalue weighted by atomic mass is 79.9. The molecule has 0 atom stereocenters. The number of hydrogen-bond donors (Lipinski definition) is 1. The molecule has 0 saturated heterocycles. The van der Waals surface area contributed by atoms with Crippen LogP contribution in [-0.2, 0) is 0 Å². The summed E-state index contributed by atoms with van der Waals surface area (Å²) in [6, 6.07) is 8.26. The van der Waals surface area contributed by atoms with Crippen LogP contribution in [0.4, 0.5) is 4.39 Å². The summed E-state index contributed by atoms with van der Waals surface area (Å²) in [5.74, 6) is -0.497. The molecule has 0 saturated carbocycles. The average molecular weight is 392 g/mol. The fraction of sp³-hybridized carbons (Fsp3) is 0. The number of rotatable bonds is 1. The molecule has 3 rings (SSSR count). The SMILES string of the molecule is Fc1cc2[nH]c(=S)n(-c3cc(Br)ccc3Cl)c2cc1Cl. The highest BCUT2D eigenvalue weighted by Gasteiger charge is 2.13. The van der Waals surface area contributed by atoms with Crippen molar-refractivity contribution in [2.24, 2.45) is 0 Å². The summed E-state index contributed by atoms with van der Waals surface area (Å²) in [5.41, 5.74) is 1.93. The molecule has 0 spiro atoms. The maximum Gasteiger partial charge on any atom is 0.182 e. The maximum atomic E-state index is 13.5. The Kier molecular flexibility index (Phi) is 3.62. The number of H-pyrrole nitrogens is 1. The first-order valence-electron chi connectivity index (χ1n) is 5.52. The second kappa shape index (κ2) is 5.15. The van der Waals surface area contributed by atoms with Crippen molar-refractivity contribution in [1.29, 1.82) is 0 Å². The van der Waals surface area contributed by atoms with E-state index in [0.717, 1.165) is 4.47 Å². The Hall–Kier alpha value is -0.880. The van der Waals surface area contributed by atoms with Gasteiger partial charge in [0.1, 0.15) is 5.82 Å². The number of aromatic nitrogens is 2. The lowest BCUT2D eigenvalue weighted by atomic mass is 10.2. The molecular weight excluding hydrogens is 386 g/mol. The van der Waals surface area contributed by atoms with Gasteiger partial charge in [0.25, 0.3) is 0 Å². The van der Waals surface area contributed by atoms with Crippen LogP contribution in [0.15, 0.2) is 34.8 Å². The Morgan fingerprint density at radius 3 is 2.65 bits per heavy atom. The standard InChI is InChI=1S/C13H6BrCl2FN2S/c14-6-1-2-7(15)11(3-6)19-12-4-8(16)9(17)5-10(12)18-13(19)20/h1-5H,(H,18,20). The van der Waals surface area contributed by atoms with Gasteiger partial charge in [0.15, 0.2) is 4.77 Å². The van der Waals surface area contributed by atoms with Gasteiger partial charge in [-0.2, -0.15) is 0 Å². The van der Waals surface area contributed by atoms with Gasteiger partial charge in [-0.15, -0.1) is 0 Å². The number of benzene rings is 2. The van der Waals surface area contributed by atoms with Gasteiger partial charge >= 0.3 is 0 Å². The molecule has 102 valence electrons. The molecule has 0 fully saturated rings. The first-order valence-corrected chi connectivity index (χ1v) is 7.48. The van der Waals surface area contributed by atoms with Gasteiger partial charge in [-0.1, -0.05) is 39.1 Å². The molecule has 0 aliphatic carbocycles. The van der Waals surface area contributed by atoms with Crippen molar-refractivity contribution in [2.45, 2.75) is 0 Å². The predicted molar refractivity (Wildman–Crippen MR) is 86.1 cm³/mol. The molecule has 0 bridgehead atoms. The Morgan fingerprint density at radius 1 is 1.15 bits per heavy atom. The Bertz CT molecular complexity index is 888. The van der Waals surface area contributed by atoms with Gasteiger partial charge < -0.3 is 4.98 Å². The molecule has 0 radical (unpaired) electrons. The molecule has 0 aliphatic heterocycles. The molecule has 3 aromatic rings. The average Bonchev–Trinajstić information content (AvgIpc) is 2.69. The summed E-state index contributed by atoms with van der Waals surface area (Å²) in [7, 11) is 0. The molecule has 0 amide bonds. The molecule has 2 aromatic carbocycles. The van der Waals surface area contributed by atoms with E-state index >= 15 is 0 Å². The second-order valence-electron chi connectivity index (χ2n) is 4.14. The van der Waals surface area contributed by atoms with E-state index in [1.807, 2.05) is 12.1 Å². The highest BCUT2D eigenvalue weighted by Crippen LogP contribution is 2.30. The number of hydrogen-bond acceptors (Lipinski definition) is 1. The summed E-state index contributed by atoms with van der Waals surface area (Å²) in [4.78, 5) is 2.95. The molecule has 1 heterocycles. The third kappa shape index (κ3) is 2.29. The molecular formula is C13H6BrCl2FN2S. The van der Waals surface area contributed by atoms with Crippen LogP contribution in [0.3, 0.4) is 0 Å². The minimum Gasteiger partial charge on any atom is -0.330 e. The summed E-state index contributed by atoms with van der Waals surface area (Å²) >= 11 is 20.8.